The maximum atomic E-state index is 6.21. The highest BCUT2D eigenvalue weighted by molar-refractivity contribution is 6.30. The van der Waals surface area contributed by atoms with E-state index in [1.165, 1.54) is 5.56 Å². The molecule has 0 radical (unpaired) electrons. The molecule has 0 N–H and O–H groups in total. The number of fused-ring (bicyclic) bond motifs is 3. The lowest BCUT2D eigenvalue weighted by molar-refractivity contribution is -0.0223. The highest BCUT2D eigenvalue weighted by atomic mass is 35.5. The van der Waals surface area contributed by atoms with Crippen molar-refractivity contribution in [3.8, 4) is 5.75 Å². The van der Waals surface area contributed by atoms with Gasteiger partial charge in [-0.1, -0.05) is 55.3 Å². The molecule has 0 unspecified atom stereocenters. The van der Waals surface area contributed by atoms with Crippen molar-refractivity contribution >= 4 is 17.3 Å². The lowest BCUT2D eigenvalue weighted by Gasteiger charge is -2.38. The third-order valence-corrected chi connectivity index (χ3v) is 4.71. The molecule has 0 spiro atoms. The molecule has 118 valence electrons. The fourth-order valence-electron chi connectivity index (χ4n) is 3.38. The molecule has 0 amide bonds. The van der Waals surface area contributed by atoms with Gasteiger partial charge in [-0.3, -0.25) is 5.01 Å². The first kappa shape index (κ1) is 14.6. The second-order valence-corrected chi connectivity index (χ2v) is 6.49. The molecule has 0 aliphatic carbocycles. The Kier molecular flexibility index (Phi) is 3.74. The predicted molar refractivity (Wildman–Crippen MR) is 93.0 cm³/mol. The molecule has 2 aromatic rings. The van der Waals surface area contributed by atoms with Crippen molar-refractivity contribution in [3.63, 3.8) is 0 Å². The van der Waals surface area contributed by atoms with Crippen LogP contribution < -0.4 is 4.74 Å². The summed E-state index contributed by atoms with van der Waals surface area (Å²) >= 11 is 6.21. The van der Waals surface area contributed by atoms with Crippen molar-refractivity contribution in [2.75, 3.05) is 0 Å². The van der Waals surface area contributed by atoms with E-state index in [0.29, 0.717) is 0 Å². The largest absolute Gasteiger partial charge is 0.469 e. The molecule has 2 heterocycles. The molecule has 0 saturated carbocycles. The van der Waals surface area contributed by atoms with Gasteiger partial charge in [0.25, 0.3) is 0 Å². The van der Waals surface area contributed by atoms with E-state index in [2.05, 4.69) is 36.2 Å². The quantitative estimate of drug-likeness (QED) is 0.792. The second kappa shape index (κ2) is 5.89. The van der Waals surface area contributed by atoms with Gasteiger partial charge < -0.3 is 4.74 Å². The maximum Gasteiger partial charge on any atom is 0.187 e. The van der Waals surface area contributed by atoms with Crippen LogP contribution in [0.2, 0.25) is 5.02 Å². The Morgan fingerprint density at radius 3 is 2.83 bits per heavy atom. The molecule has 0 saturated heterocycles. The zero-order chi connectivity index (χ0) is 15.8. The van der Waals surface area contributed by atoms with Gasteiger partial charge in [0, 0.05) is 23.4 Å². The third-order valence-electron chi connectivity index (χ3n) is 4.47. The summed E-state index contributed by atoms with van der Waals surface area (Å²) in [4.78, 5) is 0. The van der Waals surface area contributed by atoms with E-state index in [1.807, 2.05) is 24.3 Å². The number of rotatable bonds is 3. The van der Waals surface area contributed by atoms with Crippen molar-refractivity contribution in [2.45, 2.75) is 38.5 Å². The van der Waals surface area contributed by atoms with Crippen LogP contribution in [-0.4, -0.2) is 16.9 Å². The summed E-state index contributed by atoms with van der Waals surface area (Å²) in [5.41, 5.74) is 3.44. The van der Waals surface area contributed by atoms with E-state index in [1.54, 1.807) is 0 Å². The zero-order valence-electron chi connectivity index (χ0n) is 13.1. The Bertz CT molecular complexity index is 744. The van der Waals surface area contributed by atoms with E-state index in [0.717, 1.165) is 41.3 Å². The average molecular weight is 327 g/mol. The van der Waals surface area contributed by atoms with Gasteiger partial charge in [-0.2, -0.15) is 5.10 Å². The van der Waals surface area contributed by atoms with Crippen LogP contribution in [0.3, 0.4) is 0 Å². The number of benzene rings is 2. The molecule has 23 heavy (non-hydrogen) atoms. The van der Waals surface area contributed by atoms with Gasteiger partial charge in [0.15, 0.2) is 6.23 Å². The van der Waals surface area contributed by atoms with Gasteiger partial charge in [-0.05, 0) is 23.8 Å². The number of halogens is 1. The van der Waals surface area contributed by atoms with E-state index >= 15 is 0 Å². The standard InChI is InChI=1S/C19H19ClN2O/c1-2-6-19-22-17(15-11-14(20)9-10-18(15)23-19)12-16(21-22)13-7-4-3-5-8-13/h3-5,7-11,17,19H,2,6,12H2,1H3/t17-,19-/m1/s1. The predicted octanol–water partition coefficient (Wildman–Crippen LogP) is 5.01. The summed E-state index contributed by atoms with van der Waals surface area (Å²) in [6.45, 7) is 2.17. The minimum Gasteiger partial charge on any atom is -0.469 e. The summed E-state index contributed by atoms with van der Waals surface area (Å²) in [5, 5.41) is 7.77. The van der Waals surface area contributed by atoms with Gasteiger partial charge in [0.1, 0.15) is 5.75 Å². The molecule has 2 atom stereocenters. The smallest absolute Gasteiger partial charge is 0.187 e. The Balaban J connectivity index is 1.74. The minimum absolute atomic E-state index is 0.000104. The fraction of sp³-hybridized carbons (Fsp3) is 0.316. The van der Waals surface area contributed by atoms with Gasteiger partial charge in [-0.25, -0.2) is 0 Å². The van der Waals surface area contributed by atoms with Crippen LogP contribution in [0, 0.1) is 0 Å². The first-order valence-electron chi connectivity index (χ1n) is 8.13. The summed E-state index contributed by atoms with van der Waals surface area (Å²) < 4.78 is 6.19. The van der Waals surface area contributed by atoms with Gasteiger partial charge in [-0.15, -0.1) is 0 Å². The molecule has 2 aliphatic rings. The van der Waals surface area contributed by atoms with Crippen molar-refractivity contribution in [3.05, 3.63) is 64.7 Å². The van der Waals surface area contributed by atoms with Gasteiger partial charge >= 0.3 is 0 Å². The fourth-order valence-corrected chi connectivity index (χ4v) is 3.56. The van der Waals surface area contributed by atoms with Crippen molar-refractivity contribution in [1.82, 2.24) is 5.01 Å². The Labute approximate surface area is 141 Å². The molecule has 2 aromatic carbocycles. The number of hydrogen-bond acceptors (Lipinski definition) is 3. The maximum absolute atomic E-state index is 6.21. The SMILES string of the molecule is CCC[C@H]1Oc2ccc(Cl)cc2[C@H]2CC(c3ccccc3)=NN21. The van der Waals surface area contributed by atoms with Crippen LogP contribution in [0.25, 0.3) is 0 Å². The highest BCUT2D eigenvalue weighted by Crippen LogP contribution is 2.44. The molecule has 2 aliphatic heterocycles. The van der Waals surface area contributed by atoms with Gasteiger partial charge in [0.2, 0.25) is 0 Å². The van der Waals surface area contributed by atoms with Crippen LogP contribution in [-0.2, 0) is 0 Å². The van der Waals surface area contributed by atoms with E-state index in [9.17, 15) is 0 Å². The molecular formula is C19H19ClN2O. The summed E-state index contributed by atoms with van der Waals surface area (Å²) in [6, 6.07) is 16.5. The average Bonchev–Trinajstić information content (AvgIpc) is 3.02. The number of nitrogens with zero attached hydrogens (tertiary/aromatic N) is 2. The lowest BCUT2D eigenvalue weighted by Crippen LogP contribution is -2.40. The van der Waals surface area contributed by atoms with Crippen LogP contribution in [0.4, 0.5) is 0 Å². The number of hydrogen-bond donors (Lipinski definition) is 0. The minimum atomic E-state index is -0.000104. The highest BCUT2D eigenvalue weighted by Gasteiger charge is 2.39. The van der Waals surface area contributed by atoms with Crippen molar-refractivity contribution < 1.29 is 4.74 Å². The van der Waals surface area contributed by atoms with E-state index in [-0.39, 0.29) is 12.3 Å². The third kappa shape index (κ3) is 2.59. The van der Waals surface area contributed by atoms with Gasteiger partial charge in [0.05, 0.1) is 11.8 Å². The topological polar surface area (TPSA) is 24.8 Å². The first-order chi connectivity index (χ1) is 11.3. The molecule has 0 aromatic heterocycles. The zero-order valence-corrected chi connectivity index (χ0v) is 13.8. The summed E-state index contributed by atoms with van der Waals surface area (Å²) in [5.74, 6) is 0.943. The van der Waals surface area contributed by atoms with Crippen molar-refractivity contribution in [1.29, 1.82) is 0 Å². The monoisotopic (exact) mass is 326 g/mol. The van der Waals surface area contributed by atoms with Crippen LogP contribution >= 0.6 is 11.6 Å². The Hall–Kier alpha value is -2.00. The van der Waals surface area contributed by atoms with E-state index < -0.39 is 0 Å². The van der Waals surface area contributed by atoms with Crippen LogP contribution in [0.5, 0.6) is 5.75 Å². The summed E-state index contributed by atoms with van der Waals surface area (Å²) in [6.07, 6.45) is 2.91. The Morgan fingerprint density at radius 1 is 1.22 bits per heavy atom. The van der Waals surface area contributed by atoms with E-state index in [4.69, 9.17) is 21.4 Å². The molecule has 4 rings (SSSR count). The number of ether oxygens (including phenoxy) is 1. The normalized spacial score (nSPS) is 22.2. The summed E-state index contributed by atoms with van der Waals surface area (Å²) in [7, 11) is 0. The number of hydrazone groups is 1. The van der Waals surface area contributed by atoms with Crippen molar-refractivity contribution in [2.24, 2.45) is 5.10 Å². The van der Waals surface area contributed by atoms with Crippen LogP contribution in [0.15, 0.2) is 53.6 Å². The molecule has 0 bridgehead atoms. The second-order valence-electron chi connectivity index (χ2n) is 6.06. The molecular weight excluding hydrogens is 308 g/mol. The lowest BCUT2D eigenvalue weighted by atomic mass is 9.96. The molecule has 4 heteroatoms. The van der Waals surface area contributed by atoms with Crippen LogP contribution in [0.1, 0.15) is 43.4 Å². The Morgan fingerprint density at radius 2 is 2.04 bits per heavy atom. The first-order valence-corrected chi connectivity index (χ1v) is 8.51. The molecule has 3 nitrogen and oxygen atoms in total. The molecule has 0 fully saturated rings.